The molecule has 0 bridgehead atoms. The highest BCUT2D eigenvalue weighted by molar-refractivity contribution is 6.58. The molecule has 0 fully saturated rings. The number of nitrogens with zero attached hydrogens (tertiary/aromatic N) is 4. The van der Waals surface area contributed by atoms with E-state index in [1.54, 1.807) is 41.1 Å². The average molecular weight is 428 g/mol. The van der Waals surface area contributed by atoms with Crippen molar-refractivity contribution in [1.82, 2.24) is 19.4 Å². The summed E-state index contributed by atoms with van der Waals surface area (Å²) >= 11 is 0. The SMILES string of the molecule is NC(=O)c1cccc2c(-c3nc4c(c(NCc5cccc(B(O)O)c5)n3)CCC4)ncn12. The number of hydrogen-bond acceptors (Lipinski definition) is 7. The minimum absolute atomic E-state index is 0.340. The van der Waals surface area contributed by atoms with E-state index in [4.69, 9.17) is 15.7 Å². The lowest BCUT2D eigenvalue weighted by molar-refractivity contribution is 0.0994. The predicted molar refractivity (Wildman–Crippen MR) is 120 cm³/mol. The number of aryl methyl sites for hydroxylation is 1. The second kappa shape index (κ2) is 8.06. The van der Waals surface area contributed by atoms with E-state index in [1.807, 2.05) is 12.1 Å². The van der Waals surface area contributed by atoms with Gasteiger partial charge in [-0.25, -0.2) is 15.0 Å². The molecule has 3 aromatic heterocycles. The lowest BCUT2D eigenvalue weighted by atomic mass is 9.79. The highest BCUT2D eigenvalue weighted by Gasteiger charge is 2.22. The molecule has 1 amide bonds. The number of fused-ring (bicyclic) bond motifs is 2. The molecule has 0 unspecified atom stereocenters. The summed E-state index contributed by atoms with van der Waals surface area (Å²) in [5, 5.41) is 22.2. The van der Waals surface area contributed by atoms with Gasteiger partial charge in [-0.2, -0.15) is 0 Å². The summed E-state index contributed by atoms with van der Waals surface area (Å²) < 4.78 is 1.65. The van der Waals surface area contributed by atoms with Crippen LogP contribution in [-0.2, 0) is 19.4 Å². The fourth-order valence-electron chi connectivity index (χ4n) is 4.13. The first-order valence-electron chi connectivity index (χ1n) is 10.4. The molecular formula is C22H21BN6O3. The van der Waals surface area contributed by atoms with Gasteiger partial charge in [-0.1, -0.05) is 30.3 Å². The van der Waals surface area contributed by atoms with Crippen LogP contribution in [0.5, 0.6) is 0 Å². The normalized spacial score (nSPS) is 12.7. The maximum Gasteiger partial charge on any atom is 0.488 e. The summed E-state index contributed by atoms with van der Waals surface area (Å²) in [7, 11) is -1.51. The summed E-state index contributed by atoms with van der Waals surface area (Å²) in [6, 6.07) is 12.4. The second-order valence-corrected chi connectivity index (χ2v) is 7.77. The number of benzene rings is 1. The number of anilines is 1. The van der Waals surface area contributed by atoms with E-state index in [2.05, 4.69) is 10.3 Å². The van der Waals surface area contributed by atoms with Gasteiger partial charge >= 0.3 is 7.12 Å². The van der Waals surface area contributed by atoms with Gasteiger partial charge < -0.3 is 21.1 Å². The van der Waals surface area contributed by atoms with E-state index < -0.39 is 13.0 Å². The van der Waals surface area contributed by atoms with Crippen LogP contribution in [0.2, 0.25) is 0 Å². The quantitative estimate of drug-likeness (QED) is 0.331. The van der Waals surface area contributed by atoms with Crippen LogP contribution in [0.15, 0.2) is 48.8 Å². The molecule has 1 aliphatic rings. The molecule has 5 rings (SSSR count). The summed E-state index contributed by atoms with van der Waals surface area (Å²) in [5.41, 5.74) is 10.5. The van der Waals surface area contributed by atoms with Gasteiger partial charge in [0, 0.05) is 17.8 Å². The Morgan fingerprint density at radius 3 is 2.81 bits per heavy atom. The standard InChI is InChI=1S/C22H21BN6O3/c24-20(30)18-9-3-8-17-19(26-12-29(17)18)22-27-16-7-2-6-15(16)21(28-22)25-11-13-4-1-5-14(10-13)23(31)32/h1,3-5,8-10,12,31-32H,2,6-7,11H2,(H2,24,30)(H,25,27,28). The number of pyridine rings is 1. The fourth-order valence-corrected chi connectivity index (χ4v) is 4.13. The summed E-state index contributed by atoms with van der Waals surface area (Å²) in [6.45, 7) is 0.471. The first kappa shape index (κ1) is 20.2. The minimum Gasteiger partial charge on any atom is -0.423 e. The molecule has 32 heavy (non-hydrogen) atoms. The number of primary amides is 1. The molecule has 5 N–H and O–H groups in total. The highest BCUT2D eigenvalue weighted by Crippen LogP contribution is 2.30. The largest absolute Gasteiger partial charge is 0.488 e. The minimum atomic E-state index is -1.51. The maximum atomic E-state index is 11.8. The Labute approximate surface area is 184 Å². The Balaban J connectivity index is 1.52. The van der Waals surface area contributed by atoms with Gasteiger partial charge in [0.15, 0.2) is 5.82 Å². The van der Waals surface area contributed by atoms with Crippen LogP contribution in [0.25, 0.3) is 17.0 Å². The number of carbonyl (C=O) groups excluding carboxylic acids is 1. The van der Waals surface area contributed by atoms with Gasteiger partial charge in [-0.3, -0.25) is 9.20 Å². The Bertz CT molecular complexity index is 1340. The van der Waals surface area contributed by atoms with Crippen LogP contribution >= 0.6 is 0 Å². The van der Waals surface area contributed by atoms with Crippen LogP contribution in [0.4, 0.5) is 5.82 Å². The van der Waals surface area contributed by atoms with Crippen LogP contribution < -0.4 is 16.5 Å². The highest BCUT2D eigenvalue weighted by atomic mass is 16.4. The topological polar surface area (TPSA) is 139 Å². The van der Waals surface area contributed by atoms with Crippen molar-refractivity contribution in [2.45, 2.75) is 25.8 Å². The molecule has 0 saturated heterocycles. The zero-order valence-electron chi connectivity index (χ0n) is 17.2. The van der Waals surface area contributed by atoms with Crippen molar-refractivity contribution < 1.29 is 14.8 Å². The van der Waals surface area contributed by atoms with Crippen molar-refractivity contribution >= 4 is 29.8 Å². The molecule has 1 aliphatic carbocycles. The number of aromatic nitrogens is 4. The van der Waals surface area contributed by atoms with Crippen molar-refractivity contribution in [3.05, 3.63) is 71.3 Å². The molecule has 4 aromatic rings. The average Bonchev–Trinajstić information content (AvgIpc) is 3.44. The van der Waals surface area contributed by atoms with E-state index in [1.165, 1.54) is 0 Å². The Morgan fingerprint density at radius 1 is 1.16 bits per heavy atom. The van der Waals surface area contributed by atoms with Crippen molar-refractivity contribution in [1.29, 1.82) is 0 Å². The van der Waals surface area contributed by atoms with Gasteiger partial charge in [-0.05, 0) is 42.4 Å². The third-order valence-electron chi connectivity index (χ3n) is 5.68. The molecule has 0 atom stereocenters. The zero-order valence-corrected chi connectivity index (χ0v) is 17.2. The van der Waals surface area contributed by atoms with Crippen LogP contribution in [0.3, 0.4) is 0 Å². The molecule has 3 heterocycles. The first-order valence-corrected chi connectivity index (χ1v) is 10.4. The molecule has 0 spiro atoms. The molecule has 0 aliphatic heterocycles. The third kappa shape index (κ3) is 3.59. The number of nitrogens with one attached hydrogen (secondary N) is 1. The monoisotopic (exact) mass is 428 g/mol. The molecule has 0 saturated carbocycles. The van der Waals surface area contributed by atoms with Gasteiger partial charge in [0.25, 0.3) is 5.91 Å². The molecule has 0 radical (unpaired) electrons. The van der Waals surface area contributed by atoms with Gasteiger partial charge in [0.05, 0.1) is 5.52 Å². The number of imidazole rings is 1. The Kier molecular flexibility index (Phi) is 5.08. The number of nitrogens with two attached hydrogens (primary N) is 1. The summed E-state index contributed by atoms with van der Waals surface area (Å²) in [4.78, 5) is 25.8. The number of rotatable bonds is 6. The van der Waals surface area contributed by atoms with E-state index in [0.29, 0.717) is 34.7 Å². The van der Waals surface area contributed by atoms with Gasteiger partial charge in [0.1, 0.15) is 23.5 Å². The number of hydrogen-bond donors (Lipinski definition) is 4. The third-order valence-corrected chi connectivity index (χ3v) is 5.68. The van der Waals surface area contributed by atoms with Crippen molar-refractivity contribution in [2.24, 2.45) is 5.73 Å². The molecule has 1 aromatic carbocycles. The van der Waals surface area contributed by atoms with Crippen molar-refractivity contribution in [3.8, 4) is 11.5 Å². The van der Waals surface area contributed by atoms with E-state index >= 15 is 0 Å². The van der Waals surface area contributed by atoms with Crippen LogP contribution in [-0.4, -0.2) is 42.4 Å². The predicted octanol–water partition coefficient (Wildman–Crippen LogP) is 0.671. The lowest BCUT2D eigenvalue weighted by Crippen LogP contribution is -2.30. The van der Waals surface area contributed by atoms with Crippen molar-refractivity contribution in [2.75, 3.05) is 5.32 Å². The fraction of sp³-hybridized carbons (Fsp3) is 0.182. The van der Waals surface area contributed by atoms with Gasteiger partial charge in [-0.15, -0.1) is 0 Å². The van der Waals surface area contributed by atoms with Gasteiger partial charge in [0.2, 0.25) is 0 Å². The second-order valence-electron chi connectivity index (χ2n) is 7.77. The molecule has 160 valence electrons. The van der Waals surface area contributed by atoms with Crippen LogP contribution in [0, 0.1) is 0 Å². The molecule has 9 nitrogen and oxygen atoms in total. The Morgan fingerprint density at radius 2 is 2.00 bits per heavy atom. The van der Waals surface area contributed by atoms with E-state index in [0.717, 1.165) is 41.9 Å². The van der Waals surface area contributed by atoms with E-state index in [9.17, 15) is 14.8 Å². The Hall–Kier alpha value is -3.76. The smallest absolute Gasteiger partial charge is 0.423 e. The molecular weight excluding hydrogens is 407 g/mol. The maximum absolute atomic E-state index is 11.8. The lowest BCUT2D eigenvalue weighted by Gasteiger charge is -2.12. The van der Waals surface area contributed by atoms with Crippen LogP contribution in [0.1, 0.15) is 33.7 Å². The van der Waals surface area contributed by atoms with Crippen molar-refractivity contribution in [3.63, 3.8) is 0 Å². The first-order chi connectivity index (χ1) is 15.5. The summed E-state index contributed by atoms with van der Waals surface area (Å²) in [5.74, 6) is 0.688. The van der Waals surface area contributed by atoms with E-state index in [-0.39, 0.29) is 0 Å². The molecule has 10 heteroatoms. The number of carbonyl (C=O) groups is 1. The summed E-state index contributed by atoms with van der Waals surface area (Å²) in [6.07, 6.45) is 4.32. The number of amides is 1. The zero-order chi connectivity index (χ0) is 22.2.